The second-order valence-corrected chi connectivity index (χ2v) is 3.54. The van der Waals surface area contributed by atoms with Crippen molar-refractivity contribution in [3.8, 4) is 0 Å². The first-order chi connectivity index (χ1) is 5.59. The molecule has 6 heteroatoms. The summed E-state index contributed by atoms with van der Waals surface area (Å²) in [6, 6.07) is 0. The fourth-order valence-corrected chi connectivity index (χ4v) is 1.50. The third-order valence-corrected chi connectivity index (χ3v) is 2.45. The van der Waals surface area contributed by atoms with Gasteiger partial charge in [0.1, 0.15) is 0 Å². The van der Waals surface area contributed by atoms with Crippen molar-refractivity contribution in [3.63, 3.8) is 0 Å². The average molecular weight is 209 g/mol. The first kappa shape index (κ1) is 9.83. The van der Waals surface area contributed by atoms with E-state index < -0.39 is 5.72 Å². The number of carbonyl (C=O) groups is 1. The highest BCUT2D eigenvalue weighted by Gasteiger charge is 2.33. The molecule has 0 aromatic heterocycles. The van der Waals surface area contributed by atoms with E-state index in [-0.39, 0.29) is 18.2 Å². The molecule has 1 aliphatic rings. The molecular weight excluding hydrogens is 200 g/mol. The van der Waals surface area contributed by atoms with Gasteiger partial charge in [-0.25, -0.2) is 0 Å². The fraction of sp³-hybridized carbons (Fsp3) is 0.667. The van der Waals surface area contributed by atoms with Gasteiger partial charge in [-0.05, 0) is 6.26 Å². The quantitative estimate of drug-likeness (QED) is 0.603. The summed E-state index contributed by atoms with van der Waals surface area (Å²) in [7, 11) is 0. The molecule has 1 rings (SSSR count). The van der Waals surface area contributed by atoms with Crippen LogP contribution in [-0.2, 0) is 4.79 Å². The molecule has 2 N–H and O–H groups in total. The van der Waals surface area contributed by atoms with Crippen LogP contribution in [0.4, 0.5) is 0 Å². The molecule has 1 unspecified atom stereocenters. The van der Waals surface area contributed by atoms with E-state index in [9.17, 15) is 9.90 Å². The largest absolute Gasteiger partial charge is 0.369 e. The number of amides is 1. The van der Waals surface area contributed by atoms with Crippen molar-refractivity contribution in [2.24, 2.45) is 4.99 Å². The number of amidine groups is 1. The molecule has 0 bridgehead atoms. The van der Waals surface area contributed by atoms with Gasteiger partial charge in [-0.2, -0.15) is 4.99 Å². The molecule has 0 aromatic rings. The van der Waals surface area contributed by atoms with Gasteiger partial charge in [-0.15, -0.1) is 11.6 Å². The summed E-state index contributed by atoms with van der Waals surface area (Å²) in [4.78, 5) is 14.6. The average Bonchev–Trinajstić information content (AvgIpc) is 2.03. The lowest BCUT2D eigenvalue weighted by Gasteiger charge is -2.29. The highest BCUT2D eigenvalue weighted by molar-refractivity contribution is 8.13. The molecule has 68 valence electrons. The zero-order valence-corrected chi connectivity index (χ0v) is 8.08. The maximum atomic E-state index is 10.9. The Bertz CT molecular complexity index is 234. The van der Waals surface area contributed by atoms with E-state index in [0.29, 0.717) is 5.17 Å². The summed E-state index contributed by atoms with van der Waals surface area (Å²) in [6.07, 6.45) is 1.69. The monoisotopic (exact) mass is 208 g/mol. The second kappa shape index (κ2) is 3.64. The van der Waals surface area contributed by atoms with Gasteiger partial charge in [-0.3, -0.25) is 4.79 Å². The van der Waals surface area contributed by atoms with Crippen LogP contribution in [0, 0.1) is 0 Å². The van der Waals surface area contributed by atoms with Gasteiger partial charge in [0.15, 0.2) is 10.9 Å². The summed E-state index contributed by atoms with van der Waals surface area (Å²) < 4.78 is 0. The fourth-order valence-electron chi connectivity index (χ4n) is 0.851. The molecular formula is C6H9ClN2O2S. The minimum atomic E-state index is -1.32. The number of hydrogen-bond acceptors (Lipinski definition) is 4. The Labute approximate surface area is 79.4 Å². The van der Waals surface area contributed by atoms with Crippen LogP contribution in [0.1, 0.15) is 6.42 Å². The smallest absolute Gasteiger partial charge is 0.252 e. The molecule has 0 aliphatic carbocycles. The summed E-state index contributed by atoms with van der Waals surface area (Å²) in [5.41, 5.74) is -1.32. The number of aliphatic imine (C=N–C) groups is 1. The molecule has 0 saturated carbocycles. The van der Waals surface area contributed by atoms with Gasteiger partial charge in [-0.1, -0.05) is 11.8 Å². The van der Waals surface area contributed by atoms with Crippen LogP contribution in [0.2, 0.25) is 0 Å². The lowest BCUT2D eigenvalue weighted by Crippen LogP contribution is -2.53. The van der Waals surface area contributed by atoms with E-state index >= 15 is 0 Å². The van der Waals surface area contributed by atoms with Gasteiger partial charge in [0, 0.05) is 0 Å². The third-order valence-electron chi connectivity index (χ3n) is 1.42. The number of hydrogen-bond donors (Lipinski definition) is 2. The third kappa shape index (κ3) is 2.12. The predicted octanol–water partition coefficient (Wildman–Crippen LogP) is 0.153. The van der Waals surface area contributed by atoms with Crippen molar-refractivity contribution in [2.45, 2.75) is 12.1 Å². The highest BCUT2D eigenvalue weighted by Crippen LogP contribution is 2.16. The SMILES string of the molecule is CSC1=NC(=O)CC(O)(CCl)N1. The molecule has 1 atom stereocenters. The Morgan fingerprint density at radius 3 is 3.08 bits per heavy atom. The molecule has 1 heterocycles. The topological polar surface area (TPSA) is 61.7 Å². The van der Waals surface area contributed by atoms with Gasteiger partial charge in [0.25, 0.3) is 5.91 Å². The number of nitrogens with one attached hydrogen (secondary N) is 1. The van der Waals surface area contributed by atoms with E-state index in [1.54, 1.807) is 6.26 Å². The minimum Gasteiger partial charge on any atom is -0.369 e. The lowest BCUT2D eigenvalue weighted by molar-refractivity contribution is -0.123. The number of alkyl halides is 1. The zero-order valence-electron chi connectivity index (χ0n) is 6.50. The number of nitrogens with zero attached hydrogens (tertiary/aromatic N) is 1. The number of thioether (sulfide) groups is 1. The van der Waals surface area contributed by atoms with E-state index in [0.717, 1.165) is 0 Å². The lowest BCUT2D eigenvalue weighted by atomic mass is 10.1. The van der Waals surface area contributed by atoms with Crippen LogP contribution in [0.5, 0.6) is 0 Å². The van der Waals surface area contributed by atoms with Crippen molar-refractivity contribution in [2.75, 3.05) is 12.1 Å². The first-order valence-electron chi connectivity index (χ1n) is 3.32. The van der Waals surface area contributed by atoms with Crippen LogP contribution >= 0.6 is 23.4 Å². The van der Waals surface area contributed by atoms with E-state index in [4.69, 9.17) is 11.6 Å². The molecule has 12 heavy (non-hydrogen) atoms. The van der Waals surface area contributed by atoms with Crippen molar-refractivity contribution < 1.29 is 9.90 Å². The summed E-state index contributed by atoms with van der Waals surface area (Å²) in [6.45, 7) is 0. The zero-order chi connectivity index (χ0) is 9.19. The molecule has 1 aliphatic heterocycles. The number of aliphatic hydroxyl groups is 1. The van der Waals surface area contributed by atoms with Gasteiger partial charge in [0.2, 0.25) is 0 Å². The van der Waals surface area contributed by atoms with Crippen LogP contribution < -0.4 is 5.32 Å². The van der Waals surface area contributed by atoms with Crippen molar-refractivity contribution >= 4 is 34.4 Å². The Morgan fingerprint density at radius 2 is 2.58 bits per heavy atom. The Balaban J connectivity index is 2.79. The molecule has 1 amide bonds. The van der Waals surface area contributed by atoms with E-state index in [1.807, 2.05) is 0 Å². The molecule has 0 aromatic carbocycles. The normalized spacial score (nSPS) is 29.6. The Hall–Kier alpha value is -0.260. The summed E-state index contributed by atoms with van der Waals surface area (Å²) in [5.74, 6) is -0.376. The van der Waals surface area contributed by atoms with Gasteiger partial charge < -0.3 is 10.4 Å². The maximum absolute atomic E-state index is 10.9. The highest BCUT2D eigenvalue weighted by atomic mass is 35.5. The van der Waals surface area contributed by atoms with Crippen LogP contribution in [0.3, 0.4) is 0 Å². The van der Waals surface area contributed by atoms with Crippen molar-refractivity contribution in [1.82, 2.24) is 5.32 Å². The number of carbonyl (C=O) groups excluding carboxylic acids is 1. The Kier molecular flexibility index (Phi) is 2.98. The second-order valence-electron chi connectivity index (χ2n) is 2.48. The molecule has 0 fully saturated rings. The number of rotatable bonds is 1. The van der Waals surface area contributed by atoms with Crippen LogP contribution in [0.25, 0.3) is 0 Å². The molecule has 0 radical (unpaired) electrons. The Morgan fingerprint density at radius 1 is 1.92 bits per heavy atom. The summed E-state index contributed by atoms with van der Waals surface area (Å²) >= 11 is 6.75. The molecule has 0 spiro atoms. The van der Waals surface area contributed by atoms with Crippen LogP contribution in [-0.4, -0.2) is 34.0 Å². The maximum Gasteiger partial charge on any atom is 0.252 e. The van der Waals surface area contributed by atoms with Gasteiger partial charge >= 0.3 is 0 Å². The molecule has 0 saturated heterocycles. The predicted molar refractivity (Wildman–Crippen MR) is 49.4 cm³/mol. The van der Waals surface area contributed by atoms with Crippen molar-refractivity contribution in [3.05, 3.63) is 0 Å². The first-order valence-corrected chi connectivity index (χ1v) is 5.07. The molecule has 4 nitrogen and oxygen atoms in total. The van der Waals surface area contributed by atoms with Crippen LogP contribution in [0.15, 0.2) is 4.99 Å². The van der Waals surface area contributed by atoms with Crippen molar-refractivity contribution in [1.29, 1.82) is 0 Å². The van der Waals surface area contributed by atoms with E-state index in [1.165, 1.54) is 11.8 Å². The standard InChI is InChI=1S/C6H9ClN2O2S/c1-12-5-8-4(10)2-6(11,3-7)9-5/h11H,2-3H2,1H3,(H,8,9,10). The van der Waals surface area contributed by atoms with E-state index in [2.05, 4.69) is 10.3 Å². The summed E-state index contributed by atoms with van der Waals surface area (Å²) in [5, 5.41) is 12.7. The number of halogens is 1. The van der Waals surface area contributed by atoms with Gasteiger partial charge in [0.05, 0.1) is 12.3 Å². The minimum absolute atomic E-state index is 0.0294.